The Morgan fingerprint density at radius 3 is 2.53 bits per heavy atom. The van der Waals surface area contributed by atoms with Crippen LogP contribution < -0.4 is 10.6 Å². The first-order valence-corrected chi connectivity index (χ1v) is 6.03. The average Bonchev–Trinajstić information content (AvgIpc) is 2.38. The molecule has 6 heteroatoms. The highest BCUT2D eigenvalue weighted by molar-refractivity contribution is 5.75. The van der Waals surface area contributed by atoms with Crippen molar-refractivity contribution in [1.29, 1.82) is 0 Å². The van der Waals surface area contributed by atoms with Crippen LogP contribution in [-0.4, -0.2) is 25.2 Å². The van der Waals surface area contributed by atoms with Gasteiger partial charge >= 0.3 is 12.0 Å². The van der Waals surface area contributed by atoms with Crippen molar-refractivity contribution in [2.75, 3.05) is 13.2 Å². The maximum Gasteiger partial charge on any atom is 0.315 e. The second-order valence-corrected chi connectivity index (χ2v) is 3.79. The summed E-state index contributed by atoms with van der Waals surface area (Å²) < 4.78 is 17.4. The molecule has 0 spiro atoms. The predicted octanol–water partition coefficient (Wildman–Crippen LogP) is 1.58. The SMILES string of the molecule is CCOC(=O)CCNC(=O)NCc1ccc(F)cc1. The van der Waals surface area contributed by atoms with Gasteiger partial charge in [-0.25, -0.2) is 9.18 Å². The highest BCUT2D eigenvalue weighted by Crippen LogP contribution is 2.01. The molecule has 2 N–H and O–H groups in total. The standard InChI is InChI=1S/C13H17FN2O3/c1-2-19-12(17)7-8-15-13(18)16-9-10-3-5-11(14)6-4-10/h3-6H,2,7-9H2,1H3,(H2,15,16,18). The predicted molar refractivity (Wildman–Crippen MR) is 67.9 cm³/mol. The van der Waals surface area contributed by atoms with Gasteiger partial charge < -0.3 is 15.4 Å². The second-order valence-electron chi connectivity index (χ2n) is 3.79. The van der Waals surface area contributed by atoms with E-state index >= 15 is 0 Å². The molecule has 0 saturated carbocycles. The summed E-state index contributed by atoms with van der Waals surface area (Å²) in [6.07, 6.45) is 0.137. The van der Waals surface area contributed by atoms with E-state index < -0.39 is 0 Å². The van der Waals surface area contributed by atoms with Gasteiger partial charge in [-0.2, -0.15) is 0 Å². The highest BCUT2D eigenvalue weighted by Gasteiger charge is 2.04. The summed E-state index contributed by atoms with van der Waals surface area (Å²) in [6, 6.07) is 5.46. The number of halogens is 1. The number of nitrogens with one attached hydrogen (secondary N) is 2. The van der Waals surface area contributed by atoms with Crippen molar-refractivity contribution in [2.45, 2.75) is 19.9 Å². The molecule has 1 aromatic carbocycles. The van der Waals surface area contributed by atoms with Gasteiger partial charge in [0.1, 0.15) is 5.82 Å². The molecule has 0 atom stereocenters. The highest BCUT2D eigenvalue weighted by atomic mass is 19.1. The van der Waals surface area contributed by atoms with Gasteiger partial charge in [0, 0.05) is 13.1 Å². The van der Waals surface area contributed by atoms with Gasteiger partial charge in [-0.3, -0.25) is 4.79 Å². The number of ether oxygens (including phenoxy) is 1. The van der Waals surface area contributed by atoms with Crippen molar-refractivity contribution in [1.82, 2.24) is 10.6 Å². The van der Waals surface area contributed by atoms with E-state index in [9.17, 15) is 14.0 Å². The van der Waals surface area contributed by atoms with Crippen LogP contribution in [0.5, 0.6) is 0 Å². The second kappa shape index (κ2) is 8.07. The number of hydrogen-bond donors (Lipinski definition) is 2. The molecule has 0 fully saturated rings. The van der Waals surface area contributed by atoms with Gasteiger partial charge in [0.25, 0.3) is 0 Å². The largest absolute Gasteiger partial charge is 0.466 e. The Kier molecular flexibility index (Phi) is 6.35. The van der Waals surface area contributed by atoms with Crippen LogP contribution in [0.15, 0.2) is 24.3 Å². The Labute approximate surface area is 111 Å². The minimum absolute atomic E-state index is 0.137. The molecule has 2 amide bonds. The van der Waals surface area contributed by atoms with E-state index in [1.165, 1.54) is 12.1 Å². The molecule has 0 aliphatic rings. The zero-order chi connectivity index (χ0) is 14.1. The third-order valence-electron chi connectivity index (χ3n) is 2.29. The third kappa shape index (κ3) is 6.40. The maximum absolute atomic E-state index is 12.6. The lowest BCUT2D eigenvalue weighted by Crippen LogP contribution is -2.36. The van der Waals surface area contributed by atoms with Crippen molar-refractivity contribution in [3.8, 4) is 0 Å². The molecule has 5 nitrogen and oxygen atoms in total. The van der Waals surface area contributed by atoms with Crippen LogP contribution in [0.3, 0.4) is 0 Å². The lowest BCUT2D eigenvalue weighted by Gasteiger charge is -2.07. The molecular formula is C13H17FN2O3. The van der Waals surface area contributed by atoms with E-state index in [-0.39, 0.29) is 30.8 Å². The normalized spacial score (nSPS) is 9.79. The molecule has 1 aromatic rings. The summed E-state index contributed by atoms with van der Waals surface area (Å²) in [5.41, 5.74) is 0.793. The van der Waals surface area contributed by atoms with Crippen LogP contribution in [0.25, 0.3) is 0 Å². The molecule has 104 valence electrons. The first-order valence-electron chi connectivity index (χ1n) is 6.03. The molecule has 1 rings (SSSR count). The fourth-order valence-electron chi connectivity index (χ4n) is 1.36. The van der Waals surface area contributed by atoms with Gasteiger partial charge in [-0.05, 0) is 24.6 Å². The first-order chi connectivity index (χ1) is 9.11. The molecule has 0 unspecified atom stereocenters. The van der Waals surface area contributed by atoms with Crippen LogP contribution in [0.1, 0.15) is 18.9 Å². The Bertz CT molecular complexity index is 420. The first kappa shape index (κ1) is 14.9. The fraction of sp³-hybridized carbons (Fsp3) is 0.385. The molecule has 19 heavy (non-hydrogen) atoms. The smallest absolute Gasteiger partial charge is 0.315 e. The Morgan fingerprint density at radius 2 is 1.89 bits per heavy atom. The van der Waals surface area contributed by atoms with E-state index in [4.69, 9.17) is 4.74 Å². The molecule has 0 aliphatic heterocycles. The van der Waals surface area contributed by atoms with Crippen LogP contribution in [0, 0.1) is 5.82 Å². The minimum Gasteiger partial charge on any atom is -0.466 e. The zero-order valence-electron chi connectivity index (χ0n) is 10.7. The molecule has 0 radical (unpaired) electrons. The zero-order valence-corrected chi connectivity index (χ0v) is 10.7. The molecule has 0 saturated heterocycles. The monoisotopic (exact) mass is 268 g/mol. The molecular weight excluding hydrogens is 251 g/mol. The van der Waals surface area contributed by atoms with E-state index in [1.807, 2.05) is 0 Å². The molecule has 0 aromatic heterocycles. The lowest BCUT2D eigenvalue weighted by molar-refractivity contribution is -0.142. The van der Waals surface area contributed by atoms with Crippen molar-refractivity contribution in [2.24, 2.45) is 0 Å². The van der Waals surface area contributed by atoms with Crippen molar-refractivity contribution >= 4 is 12.0 Å². The van der Waals surface area contributed by atoms with Gasteiger partial charge in [0.15, 0.2) is 0 Å². The van der Waals surface area contributed by atoms with E-state index in [2.05, 4.69) is 10.6 Å². The number of urea groups is 1. The summed E-state index contributed by atoms with van der Waals surface area (Å²) in [5, 5.41) is 5.13. The van der Waals surface area contributed by atoms with Crippen molar-refractivity contribution in [3.63, 3.8) is 0 Å². The topological polar surface area (TPSA) is 67.4 Å². The van der Waals surface area contributed by atoms with E-state index in [0.29, 0.717) is 13.2 Å². The Balaban J connectivity index is 2.17. The molecule has 0 heterocycles. The maximum atomic E-state index is 12.6. The number of rotatable bonds is 6. The van der Waals surface area contributed by atoms with Gasteiger partial charge in [0.2, 0.25) is 0 Å². The van der Waals surface area contributed by atoms with E-state index in [1.54, 1.807) is 19.1 Å². The van der Waals surface area contributed by atoms with Crippen LogP contribution in [0.2, 0.25) is 0 Å². The summed E-state index contributed by atoms with van der Waals surface area (Å²) in [5.74, 6) is -0.663. The van der Waals surface area contributed by atoms with E-state index in [0.717, 1.165) is 5.56 Å². The van der Waals surface area contributed by atoms with Gasteiger partial charge in [-0.1, -0.05) is 12.1 Å². The number of carbonyl (C=O) groups is 2. The van der Waals surface area contributed by atoms with Crippen LogP contribution >= 0.6 is 0 Å². The number of hydrogen-bond acceptors (Lipinski definition) is 3. The van der Waals surface area contributed by atoms with Crippen molar-refractivity contribution < 1.29 is 18.7 Å². The minimum atomic E-state index is -0.381. The Hall–Kier alpha value is -2.11. The molecule has 0 bridgehead atoms. The van der Waals surface area contributed by atoms with Crippen molar-refractivity contribution in [3.05, 3.63) is 35.6 Å². The Morgan fingerprint density at radius 1 is 1.21 bits per heavy atom. The quantitative estimate of drug-likeness (QED) is 0.770. The van der Waals surface area contributed by atoms with Gasteiger partial charge in [0.05, 0.1) is 13.0 Å². The number of esters is 1. The third-order valence-corrected chi connectivity index (χ3v) is 2.29. The summed E-state index contributed by atoms with van der Waals surface area (Å²) >= 11 is 0. The average molecular weight is 268 g/mol. The lowest BCUT2D eigenvalue weighted by atomic mass is 10.2. The fourth-order valence-corrected chi connectivity index (χ4v) is 1.36. The molecule has 0 aliphatic carbocycles. The summed E-state index contributed by atoms with van der Waals surface area (Å²) in [6.45, 7) is 2.57. The van der Waals surface area contributed by atoms with Crippen LogP contribution in [0.4, 0.5) is 9.18 Å². The van der Waals surface area contributed by atoms with Gasteiger partial charge in [-0.15, -0.1) is 0 Å². The summed E-state index contributed by atoms with van der Waals surface area (Å²) in [7, 11) is 0. The van der Waals surface area contributed by atoms with Crippen LogP contribution in [-0.2, 0) is 16.1 Å². The number of benzene rings is 1. The number of amides is 2. The summed E-state index contributed by atoms with van der Waals surface area (Å²) in [4.78, 5) is 22.4. The number of carbonyl (C=O) groups excluding carboxylic acids is 2.